The Kier molecular flexibility index (Phi) is 5.60. The molecule has 4 heteroatoms. The molecule has 0 spiro atoms. The average Bonchev–Trinajstić information content (AvgIpc) is 2.99. The molecule has 1 aromatic rings. The first-order chi connectivity index (χ1) is 13.8. The van der Waals surface area contributed by atoms with Gasteiger partial charge in [-0.15, -0.1) is 0 Å². The van der Waals surface area contributed by atoms with Gasteiger partial charge < -0.3 is 9.84 Å². The Labute approximate surface area is 174 Å². The molecule has 4 rings (SSSR count). The first-order valence-electron chi connectivity index (χ1n) is 11.2. The number of aliphatic hydroxyl groups is 1. The highest BCUT2D eigenvalue weighted by molar-refractivity contribution is 5.76. The summed E-state index contributed by atoms with van der Waals surface area (Å²) in [6.07, 6.45) is 6.51. The number of carbonyl (C=O) groups is 1. The van der Waals surface area contributed by atoms with E-state index in [1.165, 1.54) is 19.3 Å². The lowest BCUT2D eigenvalue weighted by Crippen LogP contribution is -2.42. The van der Waals surface area contributed by atoms with E-state index >= 15 is 0 Å². The van der Waals surface area contributed by atoms with Crippen LogP contribution in [-0.2, 0) is 9.53 Å². The highest BCUT2D eigenvalue weighted by Crippen LogP contribution is 2.54. The van der Waals surface area contributed by atoms with Gasteiger partial charge in [0.1, 0.15) is 6.10 Å². The SMILES string of the molecule is C[C@H]1CCC[C@]2(C)C[C@H]3OC(=O)[C@H](CN(C)[C@@H](C)[C@@H](O)c4ccccc4)[C@H]3C=C12. The van der Waals surface area contributed by atoms with Gasteiger partial charge in [0.05, 0.1) is 12.0 Å². The van der Waals surface area contributed by atoms with Crippen LogP contribution in [0.1, 0.15) is 58.1 Å². The minimum atomic E-state index is -0.583. The van der Waals surface area contributed by atoms with Crippen molar-refractivity contribution in [3.8, 4) is 0 Å². The van der Waals surface area contributed by atoms with E-state index in [1.807, 2.05) is 44.3 Å². The van der Waals surface area contributed by atoms with Crippen molar-refractivity contribution < 1.29 is 14.6 Å². The van der Waals surface area contributed by atoms with Gasteiger partial charge in [0, 0.05) is 18.5 Å². The fourth-order valence-corrected chi connectivity index (χ4v) is 5.91. The van der Waals surface area contributed by atoms with Crippen LogP contribution >= 0.6 is 0 Å². The van der Waals surface area contributed by atoms with Crippen LogP contribution in [0.4, 0.5) is 0 Å². The smallest absolute Gasteiger partial charge is 0.311 e. The summed E-state index contributed by atoms with van der Waals surface area (Å²) in [4.78, 5) is 14.9. The summed E-state index contributed by atoms with van der Waals surface area (Å²) in [6, 6.07) is 9.66. The lowest BCUT2D eigenvalue weighted by atomic mass is 9.59. The van der Waals surface area contributed by atoms with Crippen molar-refractivity contribution in [2.24, 2.45) is 23.2 Å². The van der Waals surface area contributed by atoms with Crippen molar-refractivity contribution in [2.45, 2.75) is 64.7 Å². The van der Waals surface area contributed by atoms with Crippen LogP contribution in [0.3, 0.4) is 0 Å². The van der Waals surface area contributed by atoms with E-state index in [9.17, 15) is 9.90 Å². The number of hydrogen-bond donors (Lipinski definition) is 1. The van der Waals surface area contributed by atoms with E-state index in [0.717, 1.165) is 12.0 Å². The molecule has 3 aliphatic rings. The van der Waals surface area contributed by atoms with E-state index in [0.29, 0.717) is 12.5 Å². The van der Waals surface area contributed by atoms with Gasteiger partial charge in [-0.3, -0.25) is 9.69 Å². The van der Waals surface area contributed by atoms with Gasteiger partial charge in [-0.05, 0) is 50.1 Å². The molecule has 2 aliphatic carbocycles. The standard InChI is InChI=1S/C25H35NO3/c1-16-9-8-12-25(3)14-22-19(13-21(16)25)20(24(28)29-22)15-26(4)17(2)23(27)18-10-6-5-7-11-18/h5-7,10-11,13,16-17,19-20,22-23,27H,8-9,12,14-15H2,1-4H3/t16-,17-,19+,20+,22+,23+,25+/m0/s1. The third-order valence-electron chi connectivity index (χ3n) is 7.86. The summed E-state index contributed by atoms with van der Waals surface area (Å²) in [5.74, 6) is 0.541. The Hall–Kier alpha value is -1.65. The van der Waals surface area contributed by atoms with Crippen LogP contribution in [0.5, 0.6) is 0 Å². The number of nitrogens with zero attached hydrogens (tertiary/aromatic N) is 1. The number of allylic oxidation sites excluding steroid dienone is 1. The molecule has 29 heavy (non-hydrogen) atoms. The van der Waals surface area contributed by atoms with Gasteiger partial charge in [-0.25, -0.2) is 0 Å². The molecule has 0 bridgehead atoms. The van der Waals surface area contributed by atoms with E-state index in [4.69, 9.17) is 4.74 Å². The van der Waals surface area contributed by atoms with Crippen molar-refractivity contribution in [2.75, 3.05) is 13.6 Å². The van der Waals surface area contributed by atoms with Crippen LogP contribution in [0.2, 0.25) is 0 Å². The van der Waals surface area contributed by atoms with Crippen LogP contribution < -0.4 is 0 Å². The van der Waals surface area contributed by atoms with Gasteiger partial charge in [-0.1, -0.05) is 62.2 Å². The summed E-state index contributed by atoms with van der Waals surface area (Å²) in [7, 11) is 2.00. The Balaban J connectivity index is 1.50. The molecule has 1 heterocycles. The first-order valence-corrected chi connectivity index (χ1v) is 11.2. The number of carbonyl (C=O) groups excluding carboxylic acids is 1. The summed E-state index contributed by atoms with van der Waals surface area (Å²) in [5, 5.41) is 10.8. The van der Waals surface area contributed by atoms with Crippen molar-refractivity contribution in [1.82, 2.24) is 4.90 Å². The summed E-state index contributed by atoms with van der Waals surface area (Å²) >= 11 is 0. The lowest BCUT2D eigenvalue weighted by Gasteiger charge is -2.46. The fourth-order valence-electron chi connectivity index (χ4n) is 5.91. The monoisotopic (exact) mass is 397 g/mol. The molecule has 1 aliphatic heterocycles. The number of benzene rings is 1. The second kappa shape index (κ2) is 7.88. The molecule has 1 N–H and O–H groups in total. The zero-order valence-electron chi connectivity index (χ0n) is 18.2. The van der Waals surface area contributed by atoms with Crippen LogP contribution in [0, 0.1) is 23.2 Å². The fraction of sp³-hybridized carbons (Fsp3) is 0.640. The average molecular weight is 398 g/mol. The van der Waals surface area contributed by atoms with Crippen LogP contribution in [0.25, 0.3) is 0 Å². The third kappa shape index (κ3) is 3.77. The van der Waals surface area contributed by atoms with Gasteiger partial charge >= 0.3 is 5.97 Å². The van der Waals surface area contributed by atoms with Crippen LogP contribution in [-0.4, -0.2) is 41.7 Å². The molecule has 0 amide bonds. The Morgan fingerprint density at radius 1 is 1.31 bits per heavy atom. The number of likely N-dealkylation sites (N-methyl/N-ethyl adjacent to an activating group) is 1. The first kappa shape index (κ1) is 20.6. The molecule has 1 aromatic carbocycles. The maximum atomic E-state index is 12.8. The normalized spacial score (nSPS) is 36.1. The highest BCUT2D eigenvalue weighted by Gasteiger charge is 2.52. The number of hydrogen-bond acceptors (Lipinski definition) is 4. The second-order valence-electron chi connectivity index (χ2n) is 9.87. The minimum absolute atomic E-state index is 0.00861. The number of ether oxygens (including phenoxy) is 1. The van der Waals surface area contributed by atoms with Gasteiger partial charge in [0.2, 0.25) is 0 Å². The van der Waals surface area contributed by atoms with E-state index in [-0.39, 0.29) is 35.4 Å². The van der Waals surface area contributed by atoms with Crippen molar-refractivity contribution in [1.29, 1.82) is 0 Å². The zero-order chi connectivity index (χ0) is 20.8. The molecule has 0 unspecified atom stereocenters. The molecule has 158 valence electrons. The largest absolute Gasteiger partial charge is 0.461 e. The number of fused-ring (bicyclic) bond motifs is 2. The Bertz CT molecular complexity index is 776. The van der Waals surface area contributed by atoms with Crippen LogP contribution in [0.15, 0.2) is 42.0 Å². The minimum Gasteiger partial charge on any atom is -0.461 e. The zero-order valence-corrected chi connectivity index (χ0v) is 18.2. The Morgan fingerprint density at radius 3 is 2.76 bits per heavy atom. The van der Waals surface area contributed by atoms with Crippen molar-refractivity contribution in [3.05, 3.63) is 47.5 Å². The topological polar surface area (TPSA) is 49.8 Å². The highest BCUT2D eigenvalue weighted by atomic mass is 16.6. The number of aliphatic hydroxyl groups excluding tert-OH is 1. The second-order valence-corrected chi connectivity index (χ2v) is 9.87. The molecule has 1 saturated heterocycles. The predicted molar refractivity (Wildman–Crippen MR) is 114 cm³/mol. The predicted octanol–water partition coefficient (Wildman–Crippen LogP) is 4.35. The molecule has 0 radical (unpaired) electrons. The maximum Gasteiger partial charge on any atom is 0.311 e. The summed E-state index contributed by atoms with van der Waals surface area (Å²) < 4.78 is 5.88. The van der Waals surface area contributed by atoms with Crippen molar-refractivity contribution >= 4 is 5.97 Å². The van der Waals surface area contributed by atoms with Gasteiger partial charge in [0.25, 0.3) is 0 Å². The van der Waals surface area contributed by atoms with E-state index in [1.54, 1.807) is 5.57 Å². The van der Waals surface area contributed by atoms with E-state index in [2.05, 4.69) is 24.8 Å². The molecular formula is C25H35NO3. The number of esters is 1. The number of rotatable bonds is 5. The molecule has 1 saturated carbocycles. The van der Waals surface area contributed by atoms with Gasteiger partial charge in [0.15, 0.2) is 0 Å². The third-order valence-corrected chi connectivity index (χ3v) is 7.86. The molecule has 0 aromatic heterocycles. The molecule has 4 nitrogen and oxygen atoms in total. The summed E-state index contributed by atoms with van der Waals surface area (Å²) in [5.41, 5.74) is 2.65. The molecule has 2 fully saturated rings. The van der Waals surface area contributed by atoms with Crippen molar-refractivity contribution in [3.63, 3.8) is 0 Å². The maximum absolute atomic E-state index is 12.8. The summed E-state index contributed by atoms with van der Waals surface area (Å²) in [6.45, 7) is 7.33. The van der Waals surface area contributed by atoms with E-state index < -0.39 is 6.10 Å². The lowest BCUT2D eigenvalue weighted by molar-refractivity contribution is -0.145. The quantitative estimate of drug-likeness (QED) is 0.593. The molecule has 7 atom stereocenters. The molecular weight excluding hydrogens is 362 g/mol. The Morgan fingerprint density at radius 2 is 2.03 bits per heavy atom. The van der Waals surface area contributed by atoms with Gasteiger partial charge in [-0.2, -0.15) is 0 Å².